The molecule has 6 heteroatoms. The lowest BCUT2D eigenvalue weighted by molar-refractivity contribution is 0.0785. The standard InChI is InChI=1S/C15H16ClN3OS/c1-19(15(20)10-6-7-17-8-11(10)16)9-14-18-12-4-2-3-5-13(12)21-14/h6-8H,2-5,9H2,1H3. The van der Waals surface area contributed by atoms with Crippen LogP contribution in [0.5, 0.6) is 0 Å². The number of thiazole rings is 1. The second kappa shape index (κ2) is 6.12. The van der Waals surface area contributed by atoms with Crippen LogP contribution < -0.4 is 0 Å². The number of halogens is 1. The predicted octanol–water partition coefficient (Wildman–Crippen LogP) is 3.34. The van der Waals surface area contributed by atoms with Crippen LogP contribution in [0, 0.1) is 0 Å². The monoisotopic (exact) mass is 321 g/mol. The van der Waals surface area contributed by atoms with Gasteiger partial charge in [-0.15, -0.1) is 11.3 Å². The van der Waals surface area contributed by atoms with Crippen LogP contribution in [0.2, 0.25) is 5.02 Å². The number of rotatable bonds is 3. The highest BCUT2D eigenvalue weighted by Gasteiger charge is 2.19. The van der Waals surface area contributed by atoms with Gasteiger partial charge in [-0.05, 0) is 31.7 Å². The molecule has 2 aromatic rings. The van der Waals surface area contributed by atoms with Gasteiger partial charge < -0.3 is 4.90 Å². The van der Waals surface area contributed by atoms with Crippen molar-refractivity contribution in [3.8, 4) is 0 Å². The van der Waals surface area contributed by atoms with Crippen molar-refractivity contribution < 1.29 is 4.79 Å². The van der Waals surface area contributed by atoms with Gasteiger partial charge in [0, 0.05) is 24.3 Å². The first-order chi connectivity index (χ1) is 10.1. The van der Waals surface area contributed by atoms with Gasteiger partial charge in [0.15, 0.2) is 0 Å². The van der Waals surface area contributed by atoms with Crippen LogP contribution in [0.4, 0.5) is 0 Å². The molecule has 0 aromatic carbocycles. The summed E-state index contributed by atoms with van der Waals surface area (Å²) < 4.78 is 0. The quantitative estimate of drug-likeness (QED) is 0.871. The van der Waals surface area contributed by atoms with E-state index < -0.39 is 0 Å². The Hall–Kier alpha value is -1.46. The number of carbonyl (C=O) groups excluding carboxylic acids is 1. The molecule has 0 spiro atoms. The maximum atomic E-state index is 12.4. The van der Waals surface area contributed by atoms with Gasteiger partial charge in [-0.25, -0.2) is 4.98 Å². The molecule has 0 bridgehead atoms. The Bertz CT molecular complexity index is 647. The minimum atomic E-state index is -0.101. The van der Waals surface area contributed by atoms with Gasteiger partial charge in [-0.3, -0.25) is 9.78 Å². The summed E-state index contributed by atoms with van der Waals surface area (Å²) in [7, 11) is 1.78. The molecule has 0 aliphatic heterocycles. The maximum absolute atomic E-state index is 12.4. The number of hydrogen-bond donors (Lipinski definition) is 0. The van der Waals surface area contributed by atoms with E-state index in [1.807, 2.05) is 0 Å². The molecule has 1 amide bonds. The molecule has 3 rings (SSSR count). The van der Waals surface area contributed by atoms with Gasteiger partial charge >= 0.3 is 0 Å². The van der Waals surface area contributed by atoms with Crippen molar-refractivity contribution in [3.63, 3.8) is 0 Å². The Kier molecular flexibility index (Phi) is 4.22. The molecule has 110 valence electrons. The van der Waals surface area contributed by atoms with Crippen molar-refractivity contribution in [2.45, 2.75) is 32.2 Å². The van der Waals surface area contributed by atoms with Gasteiger partial charge in [-0.1, -0.05) is 11.6 Å². The Morgan fingerprint density at radius 1 is 1.43 bits per heavy atom. The van der Waals surface area contributed by atoms with Gasteiger partial charge in [0.2, 0.25) is 0 Å². The predicted molar refractivity (Wildman–Crippen MR) is 83.8 cm³/mol. The maximum Gasteiger partial charge on any atom is 0.255 e. The fourth-order valence-corrected chi connectivity index (χ4v) is 3.91. The fraction of sp³-hybridized carbons (Fsp3) is 0.400. The van der Waals surface area contributed by atoms with E-state index in [4.69, 9.17) is 11.6 Å². The summed E-state index contributed by atoms with van der Waals surface area (Å²) in [6.07, 6.45) is 7.73. The molecule has 0 saturated carbocycles. The molecule has 4 nitrogen and oxygen atoms in total. The Labute approximate surface area is 132 Å². The average Bonchev–Trinajstić information content (AvgIpc) is 2.89. The SMILES string of the molecule is CN(Cc1nc2c(s1)CCCC2)C(=O)c1ccncc1Cl. The van der Waals surface area contributed by atoms with E-state index in [2.05, 4.69) is 9.97 Å². The number of pyridine rings is 1. The Morgan fingerprint density at radius 2 is 2.24 bits per heavy atom. The van der Waals surface area contributed by atoms with E-state index in [1.165, 1.54) is 29.6 Å². The van der Waals surface area contributed by atoms with Crippen LogP contribution in [-0.2, 0) is 19.4 Å². The third kappa shape index (κ3) is 3.09. The molecule has 0 saturated heterocycles. The van der Waals surface area contributed by atoms with E-state index in [0.717, 1.165) is 17.8 Å². The zero-order valence-corrected chi connectivity index (χ0v) is 13.4. The number of aryl methyl sites for hydroxylation is 2. The molecule has 1 aliphatic rings. The summed E-state index contributed by atoms with van der Waals surface area (Å²) in [5, 5.41) is 1.38. The third-order valence-electron chi connectivity index (χ3n) is 3.61. The average molecular weight is 322 g/mol. The molecule has 0 N–H and O–H groups in total. The van der Waals surface area contributed by atoms with Gasteiger partial charge in [-0.2, -0.15) is 0 Å². The van der Waals surface area contributed by atoms with E-state index >= 15 is 0 Å². The molecule has 0 radical (unpaired) electrons. The number of aromatic nitrogens is 2. The summed E-state index contributed by atoms with van der Waals surface area (Å²) in [6, 6.07) is 1.65. The van der Waals surface area contributed by atoms with Crippen LogP contribution >= 0.6 is 22.9 Å². The lowest BCUT2D eigenvalue weighted by Crippen LogP contribution is -2.26. The van der Waals surface area contributed by atoms with E-state index in [-0.39, 0.29) is 5.91 Å². The van der Waals surface area contributed by atoms with Crippen LogP contribution in [0.3, 0.4) is 0 Å². The smallest absolute Gasteiger partial charge is 0.255 e. The molecule has 1 aliphatic carbocycles. The molecule has 2 aromatic heterocycles. The van der Waals surface area contributed by atoms with Gasteiger partial charge in [0.25, 0.3) is 5.91 Å². The van der Waals surface area contributed by atoms with Crippen LogP contribution in [0.1, 0.15) is 38.8 Å². The molecule has 2 heterocycles. The zero-order chi connectivity index (χ0) is 14.8. The second-order valence-electron chi connectivity index (χ2n) is 5.20. The number of amides is 1. The van der Waals surface area contributed by atoms with Crippen molar-refractivity contribution in [1.82, 2.24) is 14.9 Å². The minimum absolute atomic E-state index is 0.101. The van der Waals surface area contributed by atoms with Crippen LogP contribution in [-0.4, -0.2) is 27.8 Å². The summed E-state index contributed by atoms with van der Waals surface area (Å²) >= 11 is 7.76. The number of hydrogen-bond acceptors (Lipinski definition) is 4. The number of nitrogens with zero attached hydrogens (tertiary/aromatic N) is 3. The largest absolute Gasteiger partial charge is 0.335 e. The van der Waals surface area contributed by atoms with Crippen molar-refractivity contribution in [2.75, 3.05) is 7.05 Å². The number of carbonyl (C=O) groups is 1. The normalized spacial score (nSPS) is 13.8. The highest BCUT2D eigenvalue weighted by molar-refractivity contribution is 7.11. The lowest BCUT2D eigenvalue weighted by atomic mass is 10.0. The fourth-order valence-electron chi connectivity index (χ4n) is 2.50. The number of fused-ring (bicyclic) bond motifs is 1. The van der Waals surface area contributed by atoms with Crippen molar-refractivity contribution in [2.24, 2.45) is 0 Å². The van der Waals surface area contributed by atoms with Crippen LogP contribution in [0.15, 0.2) is 18.5 Å². The van der Waals surface area contributed by atoms with E-state index in [0.29, 0.717) is 17.1 Å². The molecule has 0 unspecified atom stereocenters. The van der Waals surface area contributed by atoms with Crippen molar-refractivity contribution in [1.29, 1.82) is 0 Å². The Balaban J connectivity index is 1.74. The van der Waals surface area contributed by atoms with Gasteiger partial charge in [0.1, 0.15) is 5.01 Å². The Morgan fingerprint density at radius 3 is 3.00 bits per heavy atom. The molecular formula is C15H16ClN3OS. The first-order valence-electron chi connectivity index (χ1n) is 6.97. The topological polar surface area (TPSA) is 46.1 Å². The summed E-state index contributed by atoms with van der Waals surface area (Å²) in [5.41, 5.74) is 1.71. The second-order valence-corrected chi connectivity index (χ2v) is 6.78. The highest BCUT2D eigenvalue weighted by Crippen LogP contribution is 2.27. The lowest BCUT2D eigenvalue weighted by Gasteiger charge is -2.16. The molecule has 21 heavy (non-hydrogen) atoms. The summed E-state index contributed by atoms with van der Waals surface area (Å²) in [5.74, 6) is -0.101. The summed E-state index contributed by atoms with van der Waals surface area (Å²) in [6.45, 7) is 0.523. The van der Waals surface area contributed by atoms with E-state index in [1.54, 1.807) is 35.5 Å². The van der Waals surface area contributed by atoms with Crippen molar-refractivity contribution in [3.05, 3.63) is 44.6 Å². The molecule has 0 fully saturated rings. The van der Waals surface area contributed by atoms with Gasteiger partial charge in [0.05, 0.1) is 22.8 Å². The first kappa shape index (κ1) is 14.5. The van der Waals surface area contributed by atoms with Crippen LogP contribution in [0.25, 0.3) is 0 Å². The highest BCUT2D eigenvalue weighted by atomic mass is 35.5. The zero-order valence-electron chi connectivity index (χ0n) is 11.8. The van der Waals surface area contributed by atoms with Crippen molar-refractivity contribution >= 4 is 28.8 Å². The third-order valence-corrected chi connectivity index (χ3v) is 5.06. The minimum Gasteiger partial charge on any atom is -0.335 e. The first-order valence-corrected chi connectivity index (χ1v) is 8.17. The van der Waals surface area contributed by atoms with E-state index in [9.17, 15) is 4.79 Å². The molecule has 0 atom stereocenters. The molecular weight excluding hydrogens is 306 g/mol. The summed E-state index contributed by atoms with van der Waals surface area (Å²) in [4.78, 5) is 24.0.